The molecule has 0 aliphatic heterocycles. The monoisotopic (exact) mass is 266 g/mol. The summed E-state index contributed by atoms with van der Waals surface area (Å²) in [7, 11) is 0. The van der Waals surface area contributed by atoms with Crippen molar-refractivity contribution in [3.8, 4) is 0 Å². The number of aryl methyl sites for hydroxylation is 2. The molecule has 1 aromatic rings. The Bertz CT molecular complexity index is 488. The van der Waals surface area contributed by atoms with Crippen molar-refractivity contribution >= 4 is 17.4 Å². The van der Waals surface area contributed by atoms with Gasteiger partial charge in [-0.3, -0.25) is 9.48 Å². The number of carbonyl (C=O) groups excluding carboxylic acids is 1. The van der Waals surface area contributed by atoms with Crippen molar-refractivity contribution in [2.24, 2.45) is 0 Å². The number of hydrogen-bond acceptors (Lipinski definition) is 2. The van der Waals surface area contributed by atoms with Crippen molar-refractivity contribution in [3.05, 3.63) is 28.1 Å². The maximum atomic E-state index is 11.4. The lowest BCUT2D eigenvalue weighted by Gasteiger charge is -2.13. The van der Waals surface area contributed by atoms with Gasteiger partial charge in [0.05, 0.1) is 16.4 Å². The largest absolute Gasteiger partial charge is 0.295 e. The maximum Gasteiger partial charge on any atom is 0.155 e. The molecule has 1 heterocycles. The number of ketones is 1. The van der Waals surface area contributed by atoms with Crippen molar-refractivity contribution < 1.29 is 4.79 Å². The molecule has 0 N–H and O–H groups in total. The Morgan fingerprint density at radius 2 is 2.17 bits per heavy atom. The second-order valence-corrected chi connectivity index (χ2v) is 5.05. The maximum absolute atomic E-state index is 11.4. The highest BCUT2D eigenvalue weighted by molar-refractivity contribution is 6.31. The number of nitrogens with zero attached hydrogens (tertiary/aromatic N) is 2. The number of hydrogen-bond donors (Lipinski definition) is 0. The first-order valence-electron chi connectivity index (χ1n) is 6.62. The Labute approximate surface area is 113 Å². The zero-order valence-corrected chi connectivity index (χ0v) is 11.8. The lowest BCUT2D eigenvalue weighted by atomic mass is 9.95. The smallest absolute Gasteiger partial charge is 0.155 e. The van der Waals surface area contributed by atoms with E-state index in [2.05, 4.69) is 18.9 Å². The van der Waals surface area contributed by atoms with E-state index in [-0.39, 0.29) is 5.78 Å². The van der Waals surface area contributed by atoms with E-state index in [0.29, 0.717) is 6.42 Å². The molecule has 0 bridgehead atoms. The molecule has 0 fully saturated rings. The van der Waals surface area contributed by atoms with Crippen LogP contribution in [-0.4, -0.2) is 15.6 Å². The van der Waals surface area contributed by atoms with Crippen LogP contribution in [0.25, 0.3) is 0 Å². The van der Waals surface area contributed by atoms with Gasteiger partial charge in [0.25, 0.3) is 0 Å². The molecule has 0 saturated heterocycles. The van der Waals surface area contributed by atoms with Crippen molar-refractivity contribution in [2.75, 3.05) is 0 Å². The van der Waals surface area contributed by atoms with Crippen LogP contribution < -0.4 is 0 Å². The SMILES string of the molecule is CCc1nn(CC)c(CC2=CC(=O)CCC2)c1Cl. The molecule has 1 aliphatic rings. The van der Waals surface area contributed by atoms with E-state index in [1.165, 1.54) is 5.57 Å². The molecule has 18 heavy (non-hydrogen) atoms. The minimum atomic E-state index is 0.241. The van der Waals surface area contributed by atoms with Crippen LogP contribution in [0.1, 0.15) is 44.5 Å². The molecule has 4 heteroatoms. The third-order valence-electron chi connectivity index (χ3n) is 3.37. The van der Waals surface area contributed by atoms with E-state index in [4.69, 9.17) is 11.6 Å². The first kappa shape index (κ1) is 13.3. The fourth-order valence-corrected chi connectivity index (χ4v) is 2.74. The summed E-state index contributed by atoms with van der Waals surface area (Å²) in [6.07, 6.45) is 6.03. The standard InChI is InChI=1S/C14H19ClN2O/c1-3-12-14(15)13(17(4-2)16-12)9-10-6-5-7-11(18)8-10/h8H,3-7,9H2,1-2H3. The number of halogens is 1. The summed E-state index contributed by atoms with van der Waals surface area (Å²) in [5.74, 6) is 0.241. The van der Waals surface area contributed by atoms with Gasteiger partial charge in [-0.05, 0) is 32.3 Å². The van der Waals surface area contributed by atoms with Gasteiger partial charge >= 0.3 is 0 Å². The topological polar surface area (TPSA) is 34.9 Å². The van der Waals surface area contributed by atoms with Gasteiger partial charge < -0.3 is 0 Å². The van der Waals surface area contributed by atoms with E-state index < -0.39 is 0 Å². The Hall–Kier alpha value is -1.09. The second-order valence-electron chi connectivity index (χ2n) is 4.68. The van der Waals surface area contributed by atoms with Crippen LogP contribution in [0, 0.1) is 0 Å². The molecule has 98 valence electrons. The molecular weight excluding hydrogens is 248 g/mol. The van der Waals surface area contributed by atoms with E-state index >= 15 is 0 Å². The van der Waals surface area contributed by atoms with Crippen LogP contribution >= 0.6 is 11.6 Å². The van der Waals surface area contributed by atoms with E-state index in [1.807, 2.05) is 4.68 Å². The van der Waals surface area contributed by atoms with Crippen molar-refractivity contribution in [1.82, 2.24) is 9.78 Å². The molecule has 0 unspecified atom stereocenters. The van der Waals surface area contributed by atoms with Crippen LogP contribution in [0.2, 0.25) is 5.02 Å². The summed E-state index contributed by atoms with van der Waals surface area (Å²) in [6.45, 7) is 4.93. The summed E-state index contributed by atoms with van der Waals surface area (Å²) in [5.41, 5.74) is 3.19. The average molecular weight is 267 g/mol. The van der Waals surface area contributed by atoms with Crippen molar-refractivity contribution in [3.63, 3.8) is 0 Å². The first-order chi connectivity index (χ1) is 8.65. The summed E-state index contributed by atoms with van der Waals surface area (Å²) in [6, 6.07) is 0. The summed E-state index contributed by atoms with van der Waals surface area (Å²) in [5, 5.41) is 5.28. The van der Waals surface area contributed by atoms with E-state index in [9.17, 15) is 4.79 Å². The number of aromatic nitrogens is 2. The normalized spacial score (nSPS) is 15.9. The zero-order valence-electron chi connectivity index (χ0n) is 11.0. The molecule has 0 radical (unpaired) electrons. The van der Waals surface area contributed by atoms with Crippen LogP contribution in [-0.2, 0) is 24.2 Å². The zero-order chi connectivity index (χ0) is 13.1. The van der Waals surface area contributed by atoms with Gasteiger partial charge in [0, 0.05) is 19.4 Å². The summed E-state index contributed by atoms with van der Waals surface area (Å²) < 4.78 is 1.96. The molecular formula is C14H19ClN2O. The summed E-state index contributed by atoms with van der Waals surface area (Å²) >= 11 is 6.37. The molecule has 0 aromatic carbocycles. The van der Waals surface area contributed by atoms with Crippen molar-refractivity contribution in [1.29, 1.82) is 0 Å². The lowest BCUT2D eigenvalue weighted by Crippen LogP contribution is -2.08. The van der Waals surface area contributed by atoms with Gasteiger partial charge in [0.2, 0.25) is 0 Å². The molecule has 0 saturated carbocycles. The number of rotatable bonds is 4. The fourth-order valence-electron chi connectivity index (χ4n) is 2.40. The van der Waals surface area contributed by atoms with Crippen LogP contribution in [0.15, 0.2) is 11.6 Å². The fraction of sp³-hybridized carbons (Fsp3) is 0.571. The Balaban J connectivity index is 2.28. The van der Waals surface area contributed by atoms with Gasteiger partial charge in [0.15, 0.2) is 5.78 Å². The van der Waals surface area contributed by atoms with Crippen molar-refractivity contribution in [2.45, 2.75) is 52.5 Å². The average Bonchev–Trinajstić information content (AvgIpc) is 2.66. The minimum Gasteiger partial charge on any atom is -0.295 e. The Morgan fingerprint density at radius 3 is 2.78 bits per heavy atom. The molecule has 0 atom stereocenters. The third-order valence-corrected chi connectivity index (χ3v) is 3.81. The molecule has 3 nitrogen and oxygen atoms in total. The quantitative estimate of drug-likeness (QED) is 0.838. The minimum absolute atomic E-state index is 0.241. The Morgan fingerprint density at radius 1 is 1.39 bits per heavy atom. The molecule has 0 spiro atoms. The van der Waals surface area contributed by atoms with E-state index in [0.717, 1.165) is 48.6 Å². The van der Waals surface area contributed by atoms with Gasteiger partial charge in [-0.15, -0.1) is 0 Å². The molecule has 1 aromatic heterocycles. The first-order valence-corrected chi connectivity index (χ1v) is 6.99. The predicted molar refractivity (Wildman–Crippen MR) is 72.9 cm³/mol. The highest BCUT2D eigenvalue weighted by Gasteiger charge is 2.17. The molecule has 2 rings (SSSR count). The predicted octanol–water partition coefficient (Wildman–Crippen LogP) is 3.34. The highest BCUT2D eigenvalue weighted by Crippen LogP contribution is 2.27. The van der Waals surface area contributed by atoms with Gasteiger partial charge in [-0.1, -0.05) is 24.1 Å². The van der Waals surface area contributed by atoms with Crippen LogP contribution in [0.3, 0.4) is 0 Å². The van der Waals surface area contributed by atoms with Gasteiger partial charge in [-0.25, -0.2) is 0 Å². The lowest BCUT2D eigenvalue weighted by molar-refractivity contribution is -0.115. The Kier molecular flexibility index (Phi) is 4.23. The molecule has 1 aliphatic carbocycles. The third kappa shape index (κ3) is 2.66. The number of carbonyl (C=O) groups is 1. The second kappa shape index (κ2) is 5.70. The van der Waals surface area contributed by atoms with Gasteiger partial charge in [-0.2, -0.15) is 5.10 Å². The summed E-state index contributed by atoms with van der Waals surface area (Å²) in [4.78, 5) is 11.4. The number of allylic oxidation sites excluding steroid dienone is 2. The highest BCUT2D eigenvalue weighted by atomic mass is 35.5. The van der Waals surface area contributed by atoms with Gasteiger partial charge in [0.1, 0.15) is 0 Å². The van der Waals surface area contributed by atoms with Crippen LogP contribution in [0.4, 0.5) is 0 Å². The molecule has 0 amide bonds. The van der Waals surface area contributed by atoms with Crippen LogP contribution in [0.5, 0.6) is 0 Å². The van der Waals surface area contributed by atoms with E-state index in [1.54, 1.807) is 6.08 Å².